The minimum Gasteiger partial charge on any atom is -0.373 e. The highest BCUT2D eigenvalue weighted by molar-refractivity contribution is 9.09. The summed E-state index contributed by atoms with van der Waals surface area (Å²) < 4.78 is 18.4. The molecule has 0 saturated carbocycles. The van der Waals surface area contributed by atoms with Gasteiger partial charge in [0.25, 0.3) is 5.91 Å². The number of benzene rings is 1. The molecule has 1 aromatic rings. The van der Waals surface area contributed by atoms with E-state index in [-0.39, 0.29) is 23.9 Å². The molecule has 1 saturated heterocycles. The topological polar surface area (TPSA) is 29.5 Å². The zero-order valence-electron chi connectivity index (χ0n) is 10.1. The van der Waals surface area contributed by atoms with Crippen LogP contribution in [0, 0.1) is 5.82 Å². The smallest absolute Gasteiger partial charge is 0.254 e. The summed E-state index contributed by atoms with van der Waals surface area (Å²) in [4.78, 5) is 14.1. The average molecular weight is 316 g/mol. The molecule has 1 aliphatic heterocycles. The summed E-state index contributed by atoms with van der Waals surface area (Å²) in [6.45, 7) is 3.04. The molecular formula is C13H15BrFNO2. The van der Waals surface area contributed by atoms with E-state index in [0.29, 0.717) is 24.0 Å². The predicted octanol–water partition coefficient (Wildman–Crippen LogP) is 2.45. The molecule has 0 aromatic heterocycles. The number of nitrogens with zero attached hydrogens (tertiary/aromatic N) is 1. The van der Waals surface area contributed by atoms with Gasteiger partial charge in [0.2, 0.25) is 0 Å². The van der Waals surface area contributed by atoms with Crippen molar-refractivity contribution in [2.45, 2.75) is 19.1 Å². The van der Waals surface area contributed by atoms with E-state index >= 15 is 0 Å². The van der Waals surface area contributed by atoms with Crippen LogP contribution in [-0.2, 0) is 4.74 Å². The molecule has 0 spiro atoms. The van der Waals surface area contributed by atoms with Crippen molar-refractivity contribution >= 4 is 21.8 Å². The van der Waals surface area contributed by atoms with Gasteiger partial charge in [-0.15, -0.1) is 0 Å². The van der Waals surface area contributed by atoms with Crippen LogP contribution >= 0.6 is 15.9 Å². The molecular weight excluding hydrogens is 301 g/mol. The van der Waals surface area contributed by atoms with E-state index in [9.17, 15) is 9.18 Å². The van der Waals surface area contributed by atoms with Gasteiger partial charge in [0.1, 0.15) is 5.82 Å². The SMILES string of the molecule is CC1COC(CBr)CN1C(=O)c1ccc(F)cc1. The van der Waals surface area contributed by atoms with E-state index in [2.05, 4.69) is 15.9 Å². The fourth-order valence-electron chi connectivity index (χ4n) is 1.95. The normalized spacial score (nSPS) is 24.1. The summed E-state index contributed by atoms with van der Waals surface area (Å²) in [7, 11) is 0. The molecule has 1 aliphatic rings. The van der Waals surface area contributed by atoms with Gasteiger partial charge < -0.3 is 9.64 Å². The first-order valence-electron chi connectivity index (χ1n) is 5.86. The van der Waals surface area contributed by atoms with E-state index in [0.717, 1.165) is 0 Å². The van der Waals surface area contributed by atoms with Crippen molar-refractivity contribution in [1.82, 2.24) is 4.90 Å². The van der Waals surface area contributed by atoms with Gasteiger partial charge >= 0.3 is 0 Å². The number of hydrogen-bond donors (Lipinski definition) is 0. The Morgan fingerprint density at radius 2 is 2.17 bits per heavy atom. The lowest BCUT2D eigenvalue weighted by Crippen LogP contribution is -2.51. The second-order valence-electron chi connectivity index (χ2n) is 4.42. The summed E-state index contributed by atoms with van der Waals surface area (Å²) >= 11 is 3.36. The Hall–Kier alpha value is -0.940. The van der Waals surface area contributed by atoms with Crippen molar-refractivity contribution in [3.8, 4) is 0 Å². The number of ether oxygens (including phenoxy) is 1. The molecule has 1 heterocycles. The van der Waals surface area contributed by atoms with E-state index in [1.54, 1.807) is 4.90 Å². The monoisotopic (exact) mass is 315 g/mol. The third kappa shape index (κ3) is 2.90. The largest absolute Gasteiger partial charge is 0.373 e. The van der Waals surface area contributed by atoms with Crippen molar-refractivity contribution in [1.29, 1.82) is 0 Å². The molecule has 0 N–H and O–H groups in total. The average Bonchev–Trinajstić information content (AvgIpc) is 2.39. The van der Waals surface area contributed by atoms with Crippen LogP contribution in [-0.4, -0.2) is 41.4 Å². The van der Waals surface area contributed by atoms with Gasteiger partial charge in [-0.25, -0.2) is 4.39 Å². The van der Waals surface area contributed by atoms with Crippen LogP contribution in [0.5, 0.6) is 0 Å². The van der Waals surface area contributed by atoms with Gasteiger partial charge in [0.05, 0.1) is 18.8 Å². The van der Waals surface area contributed by atoms with Crippen molar-refractivity contribution in [2.24, 2.45) is 0 Å². The molecule has 1 fully saturated rings. The highest BCUT2D eigenvalue weighted by Crippen LogP contribution is 2.17. The van der Waals surface area contributed by atoms with Crippen molar-refractivity contribution in [3.63, 3.8) is 0 Å². The number of amides is 1. The molecule has 1 amide bonds. The van der Waals surface area contributed by atoms with Crippen LogP contribution < -0.4 is 0 Å². The van der Waals surface area contributed by atoms with Gasteiger partial charge in [-0.1, -0.05) is 15.9 Å². The van der Waals surface area contributed by atoms with Gasteiger partial charge in [0, 0.05) is 17.4 Å². The number of carbonyl (C=O) groups is 1. The highest BCUT2D eigenvalue weighted by atomic mass is 79.9. The van der Waals surface area contributed by atoms with E-state index in [4.69, 9.17) is 4.74 Å². The van der Waals surface area contributed by atoms with Crippen LogP contribution in [0.2, 0.25) is 0 Å². The second kappa shape index (κ2) is 5.80. The minimum absolute atomic E-state index is 0.0191. The van der Waals surface area contributed by atoms with Crippen LogP contribution in [0.3, 0.4) is 0 Å². The standard InChI is InChI=1S/C13H15BrFNO2/c1-9-8-18-12(6-14)7-16(9)13(17)10-2-4-11(15)5-3-10/h2-5,9,12H,6-8H2,1H3. The van der Waals surface area contributed by atoms with E-state index < -0.39 is 0 Å². The van der Waals surface area contributed by atoms with Crippen LogP contribution in [0.15, 0.2) is 24.3 Å². The van der Waals surface area contributed by atoms with Crippen molar-refractivity contribution < 1.29 is 13.9 Å². The van der Waals surface area contributed by atoms with Crippen molar-refractivity contribution in [2.75, 3.05) is 18.5 Å². The number of alkyl halides is 1. The Morgan fingerprint density at radius 3 is 2.78 bits per heavy atom. The second-order valence-corrected chi connectivity index (χ2v) is 5.07. The molecule has 0 bridgehead atoms. The zero-order chi connectivity index (χ0) is 13.1. The Kier molecular flexibility index (Phi) is 4.35. The molecule has 98 valence electrons. The third-order valence-electron chi connectivity index (χ3n) is 3.03. The lowest BCUT2D eigenvalue weighted by Gasteiger charge is -2.37. The van der Waals surface area contributed by atoms with Gasteiger partial charge in [0.15, 0.2) is 0 Å². The first-order chi connectivity index (χ1) is 8.61. The quantitative estimate of drug-likeness (QED) is 0.785. The summed E-state index contributed by atoms with van der Waals surface area (Å²) in [6.07, 6.45) is 0.0191. The Bertz CT molecular complexity index is 424. The summed E-state index contributed by atoms with van der Waals surface area (Å²) in [5.41, 5.74) is 0.512. The molecule has 2 atom stereocenters. The maximum atomic E-state index is 12.8. The van der Waals surface area contributed by atoms with E-state index in [1.807, 2.05) is 6.92 Å². The zero-order valence-corrected chi connectivity index (χ0v) is 11.7. The van der Waals surface area contributed by atoms with Gasteiger partial charge in [-0.3, -0.25) is 4.79 Å². The first-order valence-corrected chi connectivity index (χ1v) is 6.98. The number of carbonyl (C=O) groups excluding carboxylic acids is 1. The van der Waals surface area contributed by atoms with Gasteiger partial charge in [-0.05, 0) is 31.2 Å². The van der Waals surface area contributed by atoms with E-state index in [1.165, 1.54) is 24.3 Å². The molecule has 5 heteroatoms. The summed E-state index contributed by atoms with van der Waals surface area (Å²) in [5, 5.41) is 0.701. The Labute approximate surface area is 114 Å². The third-order valence-corrected chi connectivity index (χ3v) is 3.75. The molecule has 0 aliphatic carbocycles. The Morgan fingerprint density at radius 1 is 1.50 bits per heavy atom. The lowest BCUT2D eigenvalue weighted by molar-refractivity contribution is -0.0361. The van der Waals surface area contributed by atoms with Crippen molar-refractivity contribution in [3.05, 3.63) is 35.6 Å². The minimum atomic E-state index is -0.333. The number of rotatable bonds is 2. The predicted molar refractivity (Wildman–Crippen MR) is 70.4 cm³/mol. The van der Waals surface area contributed by atoms with Crippen LogP contribution in [0.4, 0.5) is 4.39 Å². The number of hydrogen-bond acceptors (Lipinski definition) is 2. The maximum absolute atomic E-state index is 12.8. The fraction of sp³-hybridized carbons (Fsp3) is 0.462. The molecule has 2 unspecified atom stereocenters. The van der Waals surface area contributed by atoms with Crippen LogP contribution in [0.1, 0.15) is 17.3 Å². The Balaban J connectivity index is 2.13. The molecule has 3 nitrogen and oxygen atoms in total. The molecule has 1 aromatic carbocycles. The highest BCUT2D eigenvalue weighted by Gasteiger charge is 2.29. The maximum Gasteiger partial charge on any atom is 0.254 e. The van der Waals surface area contributed by atoms with Gasteiger partial charge in [-0.2, -0.15) is 0 Å². The summed E-state index contributed by atoms with van der Waals surface area (Å²) in [5.74, 6) is -0.406. The number of halogens is 2. The fourth-order valence-corrected chi connectivity index (χ4v) is 2.34. The summed E-state index contributed by atoms with van der Waals surface area (Å²) in [6, 6.07) is 5.69. The lowest BCUT2D eigenvalue weighted by atomic mass is 10.1. The molecule has 2 rings (SSSR count). The molecule has 0 radical (unpaired) electrons. The molecule has 18 heavy (non-hydrogen) atoms. The van der Waals surface area contributed by atoms with Crippen LogP contribution in [0.25, 0.3) is 0 Å². The number of morpholine rings is 1. The first kappa shape index (κ1) is 13.5.